The minimum Gasteiger partial charge on any atom is -0.508 e. The van der Waals surface area contributed by atoms with Crippen LogP contribution in [0, 0.1) is 0 Å². The smallest absolute Gasteiger partial charge is 0.261 e. The summed E-state index contributed by atoms with van der Waals surface area (Å²) >= 11 is 0. The molecule has 94 valence electrons. The molecule has 0 amide bonds. The topological polar surface area (TPSA) is 67.1 Å². The Morgan fingerprint density at radius 2 is 2.39 bits per heavy atom. The first-order valence-electron chi connectivity index (χ1n) is 6.15. The minimum atomic E-state index is -0.0475. The van der Waals surface area contributed by atoms with E-state index in [-0.39, 0.29) is 11.3 Å². The van der Waals surface area contributed by atoms with Crippen LogP contribution in [0.5, 0.6) is 5.75 Å². The van der Waals surface area contributed by atoms with Crippen molar-refractivity contribution in [1.29, 1.82) is 0 Å². The van der Waals surface area contributed by atoms with Gasteiger partial charge < -0.3 is 10.4 Å². The van der Waals surface area contributed by atoms with E-state index in [9.17, 15) is 9.90 Å². The minimum absolute atomic E-state index is 0.0475. The average Bonchev–Trinajstić information content (AvgIpc) is 2.85. The molecular weight excluding hydrogens is 230 g/mol. The van der Waals surface area contributed by atoms with Gasteiger partial charge in [0.05, 0.1) is 17.2 Å². The maximum absolute atomic E-state index is 12.2. The van der Waals surface area contributed by atoms with E-state index in [1.165, 1.54) is 12.1 Å². The van der Waals surface area contributed by atoms with Crippen LogP contribution in [-0.2, 0) is 6.54 Å². The van der Waals surface area contributed by atoms with Crippen molar-refractivity contribution in [2.45, 2.75) is 25.4 Å². The molecule has 5 heteroatoms. The van der Waals surface area contributed by atoms with Crippen molar-refractivity contribution in [2.24, 2.45) is 0 Å². The number of phenolic OH excluding ortho intramolecular Hbond substituents is 1. The number of fused-ring (bicyclic) bond motifs is 1. The van der Waals surface area contributed by atoms with E-state index in [4.69, 9.17) is 0 Å². The van der Waals surface area contributed by atoms with E-state index in [1.807, 2.05) is 0 Å². The first-order valence-corrected chi connectivity index (χ1v) is 6.15. The second-order valence-corrected chi connectivity index (χ2v) is 4.70. The van der Waals surface area contributed by atoms with Gasteiger partial charge in [-0.2, -0.15) is 0 Å². The van der Waals surface area contributed by atoms with Crippen molar-refractivity contribution in [3.63, 3.8) is 0 Å². The number of phenols is 1. The zero-order valence-corrected chi connectivity index (χ0v) is 9.97. The lowest BCUT2D eigenvalue weighted by Gasteiger charge is -2.12. The molecule has 18 heavy (non-hydrogen) atoms. The first kappa shape index (κ1) is 11.2. The Bertz CT molecular complexity index is 630. The molecular formula is C13H15N3O2. The standard InChI is InChI=1S/C13H15N3O2/c17-10-3-4-11-12(6-10)15-8-16(13(11)18)7-9-2-1-5-14-9/h3-4,6,8-9,14,17H,1-2,5,7H2. The van der Waals surface area contributed by atoms with Gasteiger partial charge in [0.15, 0.2) is 0 Å². The molecule has 1 atom stereocenters. The van der Waals surface area contributed by atoms with Crippen molar-refractivity contribution >= 4 is 10.9 Å². The Morgan fingerprint density at radius 3 is 3.17 bits per heavy atom. The summed E-state index contributed by atoms with van der Waals surface area (Å²) in [5.41, 5.74) is 0.490. The molecule has 0 radical (unpaired) electrons. The van der Waals surface area contributed by atoms with Crippen LogP contribution >= 0.6 is 0 Å². The van der Waals surface area contributed by atoms with Crippen LogP contribution in [0.3, 0.4) is 0 Å². The molecule has 1 aliphatic rings. The molecule has 0 aliphatic carbocycles. The molecule has 0 bridgehead atoms. The third-order valence-corrected chi connectivity index (χ3v) is 3.39. The molecule has 0 saturated carbocycles. The molecule has 1 aromatic carbocycles. The summed E-state index contributed by atoms with van der Waals surface area (Å²) in [6, 6.07) is 5.01. The summed E-state index contributed by atoms with van der Waals surface area (Å²) in [5, 5.41) is 13.3. The molecule has 2 N–H and O–H groups in total. The molecule has 1 fully saturated rings. The van der Waals surface area contributed by atoms with Crippen molar-refractivity contribution in [1.82, 2.24) is 14.9 Å². The van der Waals surface area contributed by atoms with Gasteiger partial charge in [-0.1, -0.05) is 0 Å². The molecule has 1 saturated heterocycles. The van der Waals surface area contributed by atoms with Gasteiger partial charge in [0.25, 0.3) is 5.56 Å². The number of nitrogens with zero attached hydrogens (tertiary/aromatic N) is 2. The zero-order valence-electron chi connectivity index (χ0n) is 9.97. The Morgan fingerprint density at radius 1 is 1.50 bits per heavy atom. The zero-order chi connectivity index (χ0) is 12.5. The van der Waals surface area contributed by atoms with Gasteiger partial charge in [0, 0.05) is 18.7 Å². The lowest BCUT2D eigenvalue weighted by Crippen LogP contribution is -2.32. The Kier molecular flexibility index (Phi) is 2.76. The van der Waals surface area contributed by atoms with E-state index in [0.29, 0.717) is 23.5 Å². The quantitative estimate of drug-likeness (QED) is 0.823. The number of hydrogen-bond donors (Lipinski definition) is 2. The molecule has 5 nitrogen and oxygen atoms in total. The fraction of sp³-hybridized carbons (Fsp3) is 0.385. The molecule has 1 aliphatic heterocycles. The van der Waals surface area contributed by atoms with Crippen LogP contribution in [0.4, 0.5) is 0 Å². The lowest BCUT2D eigenvalue weighted by molar-refractivity contribution is 0.475. The van der Waals surface area contributed by atoms with Crippen LogP contribution in [0.2, 0.25) is 0 Å². The Balaban J connectivity index is 2.00. The van der Waals surface area contributed by atoms with E-state index in [2.05, 4.69) is 10.3 Å². The summed E-state index contributed by atoms with van der Waals surface area (Å²) in [4.78, 5) is 16.5. The van der Waals surface area contributed by atoms with Crippen LogP contribution in [0.25, 0.3) is 10.9 Å². The fourth-order valence-corrected chi connectivity index (χ4v) is 2.43. The highest BCUT2D eigenvalue weighted by atomic mass is 16.3. The van der Waals surface area contributed by atoms with Crippen LogP contribution in [0.15, 0.2) is 29.3 Å². The summed E-state index contributed by atoms with van der Waals surface area (Å²) in [6.45, 7) is 1.68. The molecule has 2 heterocycles. The lowest BCUT2D eigenvalue weighted by atomic mass is 10.2. The summed E-state index contributed by atoms with van der Waals surface area (Å²) < 4.78 is 1.64. The molecule has 1 aromatic heterocycles. The van der Waals surface area contributed by atoms with E-state index < -0.39 is 0 Å². The molecule has 2 aromatic rings. The van der Waals surface area contributed by atoms with Gasteiger partial charge in [0.2, 0.25) is 0 Å². The Hall–Kier alpha value is -1.88. The van der Waals surface area contributed by atoms with Crippen molar-refractivity contribution < 1.29 is 5.11 Å². The fourth-order valence-electron chi connectivity index (χ4n) is 2.43. The van der Waals surface area contributed by atoms with Gasteiger partial charge in [-0.05, 0) is 31.5 Å². The highest BCUT2D eigenvalue weighted by Crippen LogP contribution is 2.15. The maximum atomic E-state index is 12.2. The number of aromatic hydroxyl groups is 1. The number of aromatic nitrogens is 2. The van der Waals surface area contributed by atoms with Crippen molar-refractivity contribution in [2.75, 3.05) is 6.54 Å². The predicted molar refractivity (Wildman–Crippen MR) is 68.7 cm³/mol. The van der Waals surface area contributed by atoms with Crippen LogP contribution in [0.1, 0.15) is 12.8 Å². The monoisotopic (exact) mass is 245 g/mol. The largest absolute Gasteiger partial charge is 0.508 e. The average molecular weight is 245 g/mol. The second kappa shape index (κ2) is 4.42. The molecule has 1 unspecified atom stereocenters. The Labute approximate surface area is 104 Å². The van der Waals surface area contributed by atoms with Gasteiger partial charge in [-0.3, -0.25) is 9.36 Å². The SMILES string of the molecule is O=c1c2ccc(O)cc2ncn1CC1CCCN1. The predicted octanol–water partition coefficient (Wildman–Crippen LogP) is 0.854. The summed E-state index contributed by atoms with van der Waals surface area (Å²) in [6.07, 6.45) is 3.82. The third-order valence-electron chi connectivity index (χ3n) is 3.39. The highest BCUT2D eigenvalue weighted by molar-refractivity contribution is 5.78. The van der Waals surface area contributed by atoms with Crippen LogP contribution in [-0.4, -0.2) is 27.2 Å². The molecule has 0 spiro atoms. The van der Waals surface area contributed by atoms with Gasteiger partial charge in [-0.15, -0.1) is 0 Å². The highest BCUT2D eigenvalue weighted by Gasteiger charge is 2.15. The molecule has 3 rings (SSSR count). The maximum Gasteiger partial charge on any atom is 0.261 e. The van der Waals surface area contributed by atoms with E-state index in [1.54, 1.807) is 17.0 Å². The third kappa shape index (κ3) is 1.97. The van der Waals surface area contributed by atoms with Gasteiger partial charge >= 0.3 is 0 Å². The number of benzene rings is 1. The van der Waals surface area contributed by atoms with Crippen molar-refractivity contribution in [3.8, 4) is 5.75 Å². The second-order valence-electron chi connectivity index (χ2n) is 4.70. The normalized spacial score (nSPS) is 19.4. The van der Waals surface area contributed by atoms with Gasteiger partial charge in [0.1, 0.15) is 5.75 Å². The number of hydrogen-bond acceptors (Lipinski definition) is 4. The summed E-state index contributed by atoms with van der Waals surface area (Å²) in [7, 11) is 0. The van der Waals surface area contributed by atoms with Crippen LogP contribution < -0.4 is 10.9 Å². The number of rotatable bonds is 2. The van der Waals surface area contributed by atoms with E-state index in [0.717, 1.165) is 19.4 Å². The summed E-state index contributed by atoms with van der Waals surface area (Å²) in [5.74, 6) is 0.129. The first-order chi connectivity index (χ1) is 8.74. The van der Waals surface area contributed by atoms with Crippen molar-refractivity contribution in [3.05, 3.63) is 34.9 Å². The van der Waals surface area contributed by atoms with E-state index >= 15 is 0 Å². The van der Waals surface area contributed by atoms with Gasteiger partial charge in [-0.25, -0.2) is 4.98 Å². The number of nitrogens with one attached hydrogen (secondary N) is 1.